The number of aliphatic imine (C=N–C) groups is 1. The third-order valence-electron chi connectivity index (χ3n) is 2.96. The molecule has 2 heterocycles. The van der Waals surface area contributed by atoms with Gasteiger partial charge < -0.3 is 15.1 Å². The Balaban J connectivity index is 1.85. The zero-order valence-electron chi connectivity index (χ0n) is 12.8. The van der Waals surface area contributed by atoms with Gasteiger partial charge in [0.2, 0.25) is 0 Å². The van der Waals surface area contributed by atoms with E-state index in [1.807, 2.05) is 19.1 Å². The first kappa shape index (κ1) is 15.6. The van der Waals surface area contributed by atoms with E-state index in [1.54, 1.807) is 17.6 Å². The lowest BCUT2D eigenvalue weighted by molar-refractivity contribution is 0.512. The van der Waals surface area contributed by atoms with E-state index in [-0.39, 0.29) is 0 Å². The minimum atomic E-state index is 0.543. The van der Waals surface area contributed by atoms with Crippen molar-refractivity contribution in [2.45, 2.75) is 33.7 Å². The number of nitrogens with zero attached hydrogens (tertiary/aromatic N) is 2. The third kappa shape index (κ3) is 4.90. The molecule has 2 aromatic rings. The molecule has 0 saturated carbocycles. The SMILES string of the molecule is CCNC(=NCc1ccco1)NCCc1sc(C)nc1C. The Hall–Kier alpha value is -1.82. The fourth-order valence-corrected chi connectivity index (χ4v) is 2.94. The van der Waals surface area contributed by atoms with Gasteiger partial charge in [-0.1, -0.05) is 0 Å². The van der Waals surface area contributed by atoms with Gasteiger partial charge in [0.1, 0.15) is 12.3 Å². The highest BCUT2D eigenvalue weighted by Gasteiger charge is 2.05. The topological polar surface area (TPSA) is 62.5 Å². The van der Waals surface area contributed by atoms with Gasteiger partial charge in [-0.15, -0.1) is 11.3 Å². The highest BCUT2D eigenvalue weighted by Crippen LogP contribution is 2.16. The van der Waals surface area contributed by atoms with Gasteiger partial charge in [-0.3, -0.25) is 0 Å². The summed E-state index contributed by atoms with van der Waals surface area (Å²) in [5.41, 5.74) is 1.14. The molecular weight excluding hydrogens is 284 g/mol. The summed E-state index contributed by atoms with van der Waals surface area (Å²) in [6.45, 7) is 8.38. The summed E-state index contributed by atoms with van der Waals surface area (Å²) < 4.78 is 5.29. The lowest BCUT2D eigenvalue weighted by atomic mass is 10.3. The quantitative estimate of drug-likeness (QED) is 0.636. The molecule has 6 heteroatoms. The van der Waals surface area contributed by atoms with Crippen LogP contribution in [0.15, 0.2) is 27.8 Å². The maximum Gasteiger partial charge on any atom is 0.191 e. The molecule has 0 aliphatic heterocycles. The summed E-state index contributed by atoms with van der Waals surface area (Å²) in [4.78, 5) is 10.3. The number of aryl methyl sites for hydroxylation is 2. The second-order valence-corrected chi connectivity index (χ2v) is 5.98. The average molecular weight is 306 g/mol. The molecule has 0 aliphatic rings. The van der Waals surface area contributed by atoms with Crippen LogP contribution < -0.4 is 10.6 Å². The Kier molecular flexibility index (Phi) is 5.80. The molecule has 21 heavy (non-hydrogen) atoms. The predicted octanol–water partition coefficient (Wildman–Crippen LogP) is 2.65. The van der Waals surface area contributed by atoms with Crippen molar-refractivity contribution in [1.82, 2.24) is 15.6 Å². The number of hydrogen-bond donors (Lipinski definition) is 2. The van der Waals surface area contributed by atoms with Gasteiger partial charge in [-0.2, -0.15) is 0 Å². The lowest BCUT2D eigenvalue weighted by Crippen LogP contribution is -2.38. The van der Waals surface area contributed by atoms with Crippen molar-refractivity contribution < 1.29 is 4.42 Å². The second-order valence-electron chi connectivity index (χ2n) is 4.69. The van der Waals surface area contributed by atoms with Crippen LogP contribution in [0.2, 0.25) is 0 Å². The van der Waals surface area contributed by atoms with Crippen LogP contribution in [-0.4, -0.2) is 24.0 Å². The molecule has 0 radical (unpaired) electrons. The first-order valence-electron chi connectivity index (χ1n) is 7.16. The minimum absolute atomic E-state index is 0.543. The zero-order chi connectivity index (χ0) is 15.1. The number of hydrogen-bond acceptors (Lipinski definition) is 4. The molecule has 0 atom stereocenters. The van der Waals surface area contributed by atoms with Crippen molar-refractivity contribution in [2.75, 3.05) is 13.1 Å². The van der Waals surface area contributed by atoms with Crippen LogP contribution in [0.5, 0.6) is 0 Å². The van der Waals surface area contributed by atoms with Gasteiger partial charge in [0.05, 0.1) is 17.0 Å². The molecule has 0 bridgehead atoms. The predicted molar refractivity (Wildman–Crippen MR) is 86.8 cm³/mol. The Bertz CT molecular complexity index is 575. The van der Waals surface area contributed by atoms with Crippen LogP contribution in [0.25, 0.3) is 0 Å². The fraction of sp³-hybridized carbons (Fsp3) is 0.467. The molecule has 2 aromatic heterocycles. The molecule has 0 unspecified atom stereocenters. The highest BCUT2D eigenvalue weighted by molar-refractivity contribution is 7.11. The number of aromatic nitrogens is 1. The average Bonchev–Trinajstić information content (AvgIpc) is 3.06. The van der Waals surface area contributed by atoms with Crippen molar-refractivity contribution >= 4 is 17.3 Å². The largest absolute Gasteiger partial charge is 0.467 e. The molecule has 0 amide bonds. The third-order valence-corrected chi connectivity index (χ3v) is 4.09. The van der Waals surface area contributed by atoms with E-state index in [1.165, 1.54) is 4.88 Å². The Morgan fingerprint density at radius 2 is 2.24 bits per heavy atom. The van der Waals surface area contributed by atoms with Gasteiger partial charge in [-0.05, 0) is 32.9 Å². The molecule has 0 fully saturated rings. The Morgan fingerprint density at radius 3 is 2.86 bits per heavy atom. The molecule has 5 nitrogen and oxygen atoms in total. The number of thiazole rings is 1. The standard InChI is InChI=1S/C15H22N4OS/c1-4-16-15(18-10-13-6-5-9-20-13)17-8-7-14-11(2)19-12(3)21-14/h5-6,9H,4,7-8,10H2,1-3H3,(H2,16,17,18). The first-order chi connectivity index (χ1) is 10.2. The van der Waals surface area contributed by atoms with E-state index in [0.29, 0.717) is 6.54 Å². The minimum Gasteiger partial charge on any atom is -0.467 e. The van der Waals surface area contributed by atoms with Crippen LogP contribution in [0.1, 0.15) is 28.3 Å². The Morgan fingerprint density at radius 1 is 1.38 bits per heavy atom. The van der Waals surface area contributed by atoms with Gasteiger partial charge >= 0.3 is 0 Å². The van der Waals surface area contributed by atoms with Gasteiger partial charge in [0.15, 0.2) is 5.96 Å². The number of nitrogens with one attached hydrogen (secondary N) is 2. The van der Waals surface area contributed by atoms with E-state index in [4.69, 9.17) is 4.42 Å². The van der Waals surface area contributed by atoms with E-state index >= 15 is 0 Å². The van der Waals surface area contributed by atoms with Crippen LogP contribution >= 0.6 is 11.3 Å². The molecule has 0 spiro atoms. The van der Waals surface area contributed by atoms with Crippen molar-refractivity contribution in [1.29, 1.82) is 0 Å². The van der Waals surface area contributed by atoms with Crippen molar-refractivity contribution in [3.63, 3.8) is 0 Å². The number of guanidine groups is 1. The lowest BCUT2D eigenvalue weighted by Gasteiger charge is -2.10. The van der Waals surface area contributed by atoms with Crippen LogP contribution in [0.4, 0.5) is 0 Å². The summed E-state index contributed by atoms with van der Waals surface area (Å²) in [6.07, 6.45) is 2.63. The van der Waals surface area contributed by atoms with Crippen LogP contribution in [-0.2, 0) is 13.0 Å². The molecule has 2 rings (SSSR count). The maximum atomic E-state index is 5.29. The van der Waals surface area contributed by atoms with Crippen molar-refractivity contribution in [3.8, 4) is 0 Å². The molecular formula is C15H22N4OS. The highest BCUT2D eigenvalue weighted by atomic mass is 32.1. The van der Waals surface area contributed by atoms with Gasteiger partial charge in [-0.25, -0.2) is 9.98 Å². The summed E-state index contributed by atoms with van der Waals surface area (Å²) in [5.74, 6) is 1.67. The zero-order valence-corrected chi connectivity index (χ0v) is 13.6. The Labute approximate surface area is 129 Å². The normalized spacial score (nSPS) is 11.7. The maximum absolute atomic E-state index is 5.29. The van der Waals surface area contributed by atoms with E-state index in [2.05, 4.69) is 34.5 Å². The van der Waals surface area contributed by atoms with Gasteiger partial charge in [0, 0.05) is 24.4 Å². The van der Waals surface area contributed by atoms with Crippen molar-refractivity contribution in [3.05, 3.63) is 39.7 Å². The molecule has 114 valence electrons. The molecule has 0 aliphatic carbocycles. The van der Waals surface area contributed by atoms with Gasteiger partial charge in [0.25, 0.3) is 0 Å². The van der Waals surface area contributed by atoms with E-state index < -0.39 is 0 Å². The second kappa shape index (κ2) is 7.83. The smallest absolute Gasteiger partial charge is 0.191 e. The van der Waals surface area contributed by atoms with E-state index in [9.17, 15) is 0 Å². The first-order valence-corrected chi connectivity index (χ1v) is 7.98. The molecule has 2 N–H and O–H groups in total. The van der Waals surface area contributed by atoms with Crippen LogP contribution in [0, 0.1) is 13.8 Å². The molecule has 0 saturated heterocycles. The summed E-state index contributed by atoms with van der Waals surface area (Å²) in [5, 5.41) is 7.71. The van der Waals surface area contributed by atoms with Crippen LogP contribution in [0.3, 0.4) is 0 Å². The summed E-state index contributed by atoms with van der Waals surface area (Å²) in [7, 11) is 0. The summed E-state index contributed by atoms with van der Waals surface area (Å²) in [6, 6.07) is 3.80. The monoisotopic (exact) mass is 306 g/mol. The van der Waals surface area contributed by atoms with E-state index in [0.717, 1.165) is 41.9 Å². The van der Waals surface area contributed by atoms with Crippen molar-refractivity contribution in [2.24, 2.45) is 4.99 Å². The summed E-state index contributed by atoms with van der Waals surface area (Å²) >= 11 is 1.76. The number of furan rings is 1. The number of rotatable bonds is 6. The molecule has 0 aromatic carbocycles. The fourth-order valence-electron chi connectivity index (χ4n) is 2.00.